The van der Waals surface area contributed by atoms with E-state index in [1.807, 2.05) is 0 Å². The summed E-state index contributed by atoms with van der Waals surface area (Å²) in [5.41, 5.74) is -1.51. The van der Waals surface area contributed by atoms with Crippen LogP contribution >= 0.6 is 0 Å². The summed E-state index contributed by atoms with van der Waals surface area (Å²) < 4.78 is 39.8. The Balaban J connectivity index is 1.34. The molecule has 4 unspecified atom stereocenters. The quantitative estimate of drug-likeness (QED) is 0.0758. The number of aliphatic hydroxyl groups excluding tert-OH is 3. The fourth-order valence-electron chi connectivity index (χ4n) is 11.6. The number of carbonyl (C=O) groups excluding carboxylic acids is 5. The van der Waals surface area contributed by atoms with Gasteiger partial charge in [-0.1, -0.05) is 88.9 Å². The Hall–Kier alpha value is -4.19. The van der Waals surface area contributed by atoms with Gasteiger partial charge in [-0.3, -0.25) is 33.5 Å². The SMILES string of the molecule is O=C1COC2CCC(CC2)CC(C(=O)N(CCS(=O)(=O)O)C(CO)(CO)CO)NC(=O)C(CCC2CCCCC2)NC(=O)C(CC2CCC(C3CCCCC3)CC2)NC(=O)C(C#Cc2ccncc2)N1. The molecule has 5 amide bonds. The number of nitrogens with zero attached hydrogens (tertiary/aromatic N) is 2. The Bertz CT molecular complexity index is 2030. The highest BCUT2D eigenvalue weighted by Crippen LogP contribution is 2.41. The van der Waals surface area contributed by atoms with E-state index >= 15 is 0 Å². The summed E-state index contributed by atoms with van der Waals surface area (Å²) in [6, 6.07) is -1.75. The summed E-state index contributed by atoms with van der Waals surface area (Å²) in [5.74, 6) is 2.83. The zero-order valence-electron chi connectivity index (χ0n) is 40.7. The molecule has 1 aromatic heterocycles. The number of nitrogens with one attached hydrogen (secondary N) is 4. The van der Waals surface area contributed by atoms with Gasteiger partial charge in [0.25, 0.3) is 16.0 Å². The van der Waals surface area contributed by atoms with Gasteiger partial charge in [-0.15, -0.1) is 0 Å². The molecule has 2 aliphatic heterocycles. The molecule has 1 aromatic rings. The third-order valence-electron chi connectivity index (χ3n) is 16.0. The first-order valence-corrected chi connectivity index (χ1v) is 27.6. The Morgan fingerprint density at radius 1 is 0.714 bits per heavy atom. The van der Waals surface area contributed by atoms with Crippen molar-refractivity contribution >= 4 is 39.7 Å². The molecule has 18 nitrogen and oxygen atoms in total. The molecule has 3 heterocycles. The minimum atomic E-state index is -4.68. The first-order valence-electron chi connectivity index (χ1n) is 26.0. The van der Waals surface area contributed by atoms with Crippen LogP contribution in [-0.4, -0.2) is 142 Å². The van der Waals surface area contributed by atoms with E-state index in [9.17, 15) is 52.3 Å². The fourth-order valence-corrected chi connectivity index (χ4v) is 12.1. The van der Waals surface area contributed by atoms with Gasteiger partial charge in [-0.05, 0) is 106 Å². The standard InChI is InChI=1S/C51H78N6O12S/c58-32-51(33-59,34-60)57(27-28-70(66,67)68)50(65)45-30-38-13-19-41(20-14-38)69-31-46(61)53-42(21-16-36-23-25-52-26-24-36)47(62)55-44(29-37-11-17-40(18-12-37)39-9-5-2-6-10-39)49(64)54-43(48(63)56-45)22-15-35-7-3-1-4-8-35/h23-26,35,37-45,58-60H,1-15,17-20,22,27-34H2,(H,53,61)(H,54,64)(H,55,62)(H,56,63)(H,66,67,68). The van der Waals surface area contributed by atoms with Crippen molar-refractivity contribution in [1.82, 2.24) is 31.2 Å². The van der Waals surface area contributed by atoms with Crippen molar-refractivity contribution in [3.05, 3.63) is 30.1 Å². The molecule has 4 saturated carbocycles. The van der Waals surface area contributed by atoms with Crippen molar-refractivity contribution in [1.29, 1.82) is 0 Å². The third kappa shape index (κ3) is 16.4. The normalized spacial score (nSPS) is 28.6. The summed E-state index contributed by atoms with van der Waals surface area (Å²) in [4.78, 5) is 77.5. The minimum absolute atomic E-state index is 0.0296. The molecule has 6 aliphatic rings. The molecule has 4 atom stereocenters. The zero-order valence-corrected chi connectivity index (χ0v) is 41.6. The van der Waals surface area contributed by atoms with Crippen molar-refractivity contribution in [2.24, 2.45) is 29.6 Å². The van der Waals surface area contributed by atoms with E-state index < -0.39 is 101 Å². The van der Waals surface area contributed by atoms with Crippen LogP contribution in [0.1, 0.15) is 147 Å². The molecule has 4 aliphatic carbocycles. The highest BCUT2D eigenvalue weighted by Gasteiger charge is 2.44. The predicted octanol–water partition coefficient (Wildman–Crippen LogP) is 2.92. The van der Waals surface area contributed by atoms with Gasteiger partial charge < -0.3 is 46.2 Å². The van der Waals surface area contributed by atoms with Gasteiger partial charge in [0.2, 0.25) is 23.6 Å². The molecule has 2 bridgehead atoms. The minimum Gasteiger partial charge on any atom is -0.394 e. The van der Waals surface area contributed by atoms with Crippen LogP contribution in [0.4, 0.5) is 0 Å². The lowest BCUT2D eigenvalue weighted by atomic mass is 9.70. The van der Waals surface area contributed by atoms with Crippen molar-refractivity contribution in [3.63, 3.8) is 0 Å². The summed E-state index contributed by atoms with van der Waals surface area (Å²) in [7, 11) is -4.68. The van der Waals surface area contributed by atoms with Gasteiger partial charge in [0.1, 0.15) is 30.3 Å². The largest absolute Gasteiger partial charge is 0.394 e. The number of ether oxygens (including phenoxy) is 1. The van der Waals surface area contributed by atoms with Crippen LogP contribution < -0.4 is 21.3 Å². The molecule has 8 N–H and O–H groups in total. The van der Waals surface area contributed by atoms with E-state index in [4.69, 9.17) is 4.74 Å². The second kappa shape index (κ2) is 27.0. The number of amides is 5. The maximum Gasteiger partial charge on any atom is 0.266 e. The number of pyridine rings is 1. The van der Waals surface area contributed by atoms with Crippen molar-refractivity contribution in [2.75, 3.05) is 38.7 Å². The van der Waals surface area contributed by atoms with E-state index in [0.717, 1.165) is 62.7 Å². The highest BCUT2D eigenvalue weighted by atomic mass is 32.2. The molecule has 7 rings (SSSR count). The lowest BCUT2D eigenvalue weighted by Crippen LogP contribution is -2.65. The lowest BCUT2D eigenvalue weighted by molar-refractivity contribution is -0.149. The van der Waals surface area contributed by atoms with Gasteiger partial charge in [-0.25, -0.2) is 0 Å². The van der Waals surface area contributed by atoms with Crippen LogP contribution in [-0.2, 0) is 38.8 Å². The van der Waals surface area contributed by atoms with Crippen LogP contribution in [0.5, 0.6) is 0 Å². The third-order valence-corrected chi connectivity index (χ3v) is 16.7. The predicted molar refractivity (Wildman–Crippen MR) is 260 cm³/mol. The molecule has 70 heavy (non-hydrogen) atoms. The Morgan fingerprint density at radius 3 is 1.94 bits per heavy atom. The molecule has 390 valence electrons. The molecule has 0 spiro atoms. The van der Waals surface area contributed by atoms with Crippen molar-refractivity contribution in [3.8, 4) is 11.8 Å². The Morgan fingerprint density at radius 2 is 1.31 bits per heavy atom. The van der Waals surface area contributed by atoms with E-state index in [1.54, 1.807) is 24.5 Å². The molecule has 2 saturated heterocycles. The van der Waals surface area contributed by atoms with Gasteiger partial charge in [0, 0.05) is 24.5 Å². The number of rotatable bonds is 14. The van der Waals surface area contributed by atoms with Crippen molar-refractivity contribution in [2.45, 2.75) is 177 Å². The summed E-state index contributed by atoms with van der Waals surface area (Å²) in [6.07, 6.45) is 20.9. The molecular weight excluding hydrogens is 921 g/mol. The summed E-state index contributed by atoms with van der Waals surface area (Å²) in [5, 5.41) is 42.9. The topological polar surface area (TPSA) is 274 Å². The van der Waals surface area contributed by atoms with E-state index in [1.165, 1.54) is 32.1 Å². The van der Waals surface area contributed by atoms with E-state index in [0.29, 0.717) is 55.4 Å². The number of hydrogen-bond acceptors (Lipinski definition) is 12. The van der Waals surface area contributed by atoms with Crippen LogP contribution in [0.2, 0.25) is 0 Å². The molecular formula is C51H78N6O12S. The Labute approximate surface area is 413 Å². The second-order valence-electron chi connectivity index (χ2n) is 20.8. The highest BCUT2D eigenvalue weighted by molar-refractivity contribution is 7.85. The van der Waals surface area contributed by atoms with Crippen molar-refractivity contribution < 1.29 is 57.0 Å². The van der Waals surface area contributed by atoms with E-state index in [2.05, 4.69) is 38.1 Å². The second-order valence-corrected chi connectivity index (χ2v) is 22.4. The van der Waals surface area contributed by atoms with Crippen LogP contribution in [0.25, 0.3) is 0 Å². The number of aromatic nitrogens is 1. The molecule has 6 fully saturated rings. The zero-order chi connectivity index (χ0) is 50.1. The first kappa shape index (κ1) is 55.1. The van der Waals surface area contributed by atoms with Crippen LogP contribution in [0, 0.1) is 41.4 Å². The first-order chi connectivity index (χ1) is 33.7. The molecule has 19 heteroatoms. The van der Waals surface area contributed by atoms with E-state index in [-0.39, 0.29) is 43.8 Å². The number of aliphatic hydroxyl groups is 3. The lowest BCUT2D eigenvalue weighted by Gasteiger charge is -2.42. The maximum absolute atomic E-state index is 14.9. The van der Waals surface area contributed by atoms with Gasteiger partial charge in [-0.2, -0.15) is 8.42 Å². The van der Waals surface area contributed by atoms with Gasteiger partial charge in [0.15, 0.2) is 6.04 Å². The monoisotopic (exact) mass is 999 g/mol. The molecule has 0 radical (unpaired) electrons. The summed E-state index contributed by atoms with van der Waals surface area (Å²) in [6.45, 7) is -4.02. The number of fused-ring (bicyclic) bond motifs is 16. The maximum atomic E-state index is 14.9. The summed E-state index contributed by atoms with van der Waals surface area (Å²) >= 11 is 0. The van der Waals surface area contributed by atoms with Crippen LogP contribution in [0.15, 0.2) is 24.5 Å². The van der Waals surface area contributed by atoms with Gasteiger partial charge >= 0.3 is 0 Å². The number of hydrogen-bond donors (Lipinski definition) is 8. The Kier molecular flexibility index (Phi) is 21.3. The molecule has 0 aromatic carbocycles. The smallest absolute Gasteiger partial charge is 0.266 e. The van der Waals surface area contributed by atoms with Crippen LogP contribution in [0.3, 0.4) is 0 Å². The fraction of sp³-hybridized carbons (Fsp3) is 0.765. The van der Waals surface area contributed by atoms with Gasteiger partial charge in [0.05, 0.1) is 31.7 Å². The average Bonchev–Trinajstić information content (AvgIpc) is 3.37. The average molecular weight is 999 g/mol. The number of carbonyl (C=O) groups is 5.